The summed E-state index contributed by atoms with van der Waals surface area (Å²) in [7, 11) is 0. The number of hydrogen-bond donors (Lipinski definition) is 1. The molecular weight excluding hydrogens is 312 g/mol. The Morgan fingerprint density at radius 3 is 2.65 bits per heavy atom. The number of nitrogens with one attached hydrogen (secondary N) is 1. The molecule has 23 heavy (non-hydrogen) atoms. The normalized spacial score (nSPS) is 26.9. The largest absolute Gasteiger partial charge is 0.353 e. The van der Waals surface area contributed by atoms with Gasteiger partial charge in [0.2, 0.25) is 5.91 Å². The number of rotatable bonds is 6. The molecule has 1 N–H and O–H groups in total. The second-order valence-corrected chi connectivity index (χ2v) is 7.78. The van der Waals surface area contributed by atoms with E-state index in [0.717, 1.165) is 16.7 Å². The summed E-state index contributed by atoms with van der Waals surface area (Å²) >= 11 is 1.41. The fourth-order valence-corrected chi connectivity index (χ4v) is 4.83. The molecule has 1 aromatic rings. The van der Waals surface area contributed by atoms with Gasteiger partial charge in [-0.15, -0.1) is 11.8 Å². The van der Waals surface area contributed by atoms with Gasteiger partial charge in [0.15, 0.2) is 0 Å². The molecule has 6 heteroatoms. The predicted octanol–water partition coefficient (Wildman–Crippen LogP) is 3.63. The first kappa shape index (κ1) is 16.3. The van der Waals surface area contributed by atoms with Crippen LogP contribution in [0.5, 0.6) is 0 Å². The smallest absolute Gasteiger partial charge is 0.269 e. The summed E-state index contributed by atoms with van der Waals surface area (Å²) in [5, 5.41) is 13.8. The van der Waals surface area contributed by atoms with Crippen LogP contribution in [0.15, 0.2) is 29.2 Å². The summed E-state index contributed by atoms with van der Waals surface area (Å²) in [6.07, 6.45) is 5.31. The van der Waals surface area contributed by atoms with Gasteiger partial charge in [-0.1, -0.05) is 6.42 Å². The Hall–Kier alpha value is -1.56. The van der Waals surface area contributed by atoms with Crippen LogP contribution in [0.4, 0.5) is 5.69 Å². The lowest BCUT2D eigenvalue weighted by Crippen LogP contribution is -2.40. The minimum absolute atomic E-state index is 0.0450. The first-order valence-electron chi connectivity index (χ1n) is 8.19. The lowest BCUT2D eigenvalue weighted by atomic mass is 9.84. The third-order valence-corrected chi connectivity index (χ3v) is 6.25. The number of thioether (sulfide) groups is 1. The van der Waals surface area contributed by atoms with Crippen LogP contribution >= 0.6 is 11.8 Å². The molecule has 0 spiro atoms. The van der Waals surface area contributed by atoms with Crippen molar-refractivity contribution in [1.82, 2.24) is 5.32 Å². The molecule has 3 rings (SSSR count). The van der Waals surface area contributed by atoms with Crippen molar-refractivity contribution in [3.05, 3.63) is 34.4 Å². The minimum Gasteiger partial charge on any atom is -0.353 e. The monoisotopic (exact) mass is 334 g/mol. The summed E-state index contributed by atoms with van der Waals surface area (Å²) in [6, 6.07) is 6.57. The Morgan fingerprint density at radius 1 is 1.35 bits per heavy atom. The summed E-state index contributed by atoms with van der Waals surface area (Å²) in [4.78, 5) is 23.2. The molecule has 0 aliphatic heterocycles. The van der Waals surface area contributed by atoms with E-state index >= 15 is 0 Å². The van der Waals surface area contributed by atoms with Gasteiger partial charge in [-0.05, 0) is 56.1 Å². The number of fused-ring (bicyclic) bond motifs is 2. The van der Waals surface area contributed by atoms with Crippen LogP contribution in [-0.2, 0) is 4.79 Å². The van der Waals surface area contributed by atoms with E-state index in [9.17, 15) is 14.9 Å². The molecule has 0 unspecified atom stereocenters. The number of carbonyl (C=O) groups excluding carboxylic acids is 1. The Labute approximate surface area is 140 Å². The van der Waals surface area contributed by atoms with Crippen LogP contribution in [0.2, 0.25) is 0 Å². The van der Waals surface area contributed by atoms with Crippen molar-refractivity contribution in [3.8, 4) is 0 Å². The zero-order valence-corrected chi connectivity index (χ0v) is 14.1. The Balaban J connectivity index is 1.45. The SMILES string of the molecule is C[C@@H](NC(=O)CSc1ccc([N+](=O)[O-])cc1)[C@H]1C[C@H]2CC[C@H]1C2. The Kier molecular flexibility index (Phi) is 4.90. The van der Waals surface area contributed by atoms with Gasteiger partial charge in [0.25, 0.3) is 5.69 Å². The van der Waals surface area contributed by atoms with Gasteiger partial charge in [0.1, 0.15) is 0 Å². The fourth-order valence-electron chi connectivity index (χ4n) is 4.12. The summed E-state index contributed by atoms with van der Waals surface area (Å²) in [5.74, 6) is 2.73. The van der Waals surface area contributed by atoms with E-state index in [2.05, 4.69) is 12.2 Å². The molecule has 2 aliphatic rings. The van der Waals surface area contributed by atoms with Crippen molar-refractivity contribution in [2.45, 2.75) is 43.5 Å². The zero-order chi connectivity index (χ0) is 16.4. The maximum Gasteiger partial charge on any atom is 0.269 e. The lowest BCUT2D eigenvalue weighted by molar-refractivity contribution is -0.384. The number of amides is 1. The highest BCUT2D eigenvalue weighted by atomic mass is 32.2. The van der Waals surface area contributed by atoms with Crippen molar-refractivity contribution < 1.29 is 9.72 Å². The van der Waals surface area contributed by atoms with Gasteiger partial charge in [0, 0.05) is 23.1 Å². The number of nitrogens with zero attached hydrogens (tertiary/aromatic N) is 1. The maximum atomic E-state index is 12.1. The van der Waals surface area contributed by atoms with Gasteiger partial charge in [-0.2, -0.15) is 0 Å². The van der Waals surface area contributed by atoms with Crippen LogP contribution in [0.1, 0.15) is 32.6 Å². The lowest BCUT2D eigenvalue weighted by Gasteiger charge is -2.28. The van der Waals surface area contributed by atoms with Gasteiger partial charge in [-0.25, -0.2) is 0 Å². The number of benzene rings is 1. The average Bonchev–Trinajstić information content (AvgIpc) is 3.16. The van der Waals surface area contributed by atoms with Crippen LogP contribution in [-0.4, -0.2) is 22.6 Å². The molecule has 1 aromatic carbocycles. The molecule has 4 atom stereocenters. The van der Waals surface area contributed by atoms with Gasteiger partial charge >= 0.3 is 0 Å². The molecule has 2 aliphatic carbocycles. The molecule has 0 aromatic heterocycles. The van der Waals surface area contributed by atoms with E-state index in [4.69, 9.17) is 0 Å². The van der Waals surface area contributed by atoms with E-state index in [-0.39, 0.29) is 17.6 Å². The number of nitro benzene ring substituents is 1. The second-order valence-electron chi connectivity index (χ2n) is 6.73. The van der Waals surface area contributed by atoms with Crippen LogP contribution in [0.25, 0.3) is 0 Å². The summed E-state index contributed by atoms with van der Waals surface area (Å²) in [6.45, 7) is 2.12. The van der Waals surface area contributed by atoms with Crippen LogP contribution in [0.3, 0.4) is 0 Å². The Bertz CT molecular complexity index is 590. The molecule has 0 saturated heterocycles. The second kappa shape index (κ2) is 6.91. The van der Waals surface area contributed by atoms with Crippen molar-refractivity contribution in [2.24, 2.45) is 17.8 Å². The number of hydrogen-bond acceptors (Lipinski definition) is 4. The van der Waals surface area contributed by atoms with Crippen LogP contribution in [0, 0.1) is 27.9 Å². The Morgan fingerprint density at radius 2 is 2.09 bits per heavy atom. The average molecular weight is 334 g/mol. The van der Waals surface area contributed by atoms with E-state index in [1.807, 2.05) is 0 Å². The first-order chi connectivity index (χ1) is 11.0. The van der Waals surface area contributed by atoms with E-state index < -0.39 is 4.92 Å². The topological polar surface area (TPSA) is 72.2 Å². The molecule has 0 radical (unpaired) electrons. The fraction of sp³-hybridized carbons (Fsp3) is 0.588. The van der Waals surface area contributed by atoms with Crippen molar-refractivity contribution in [2.75, 3.05) is 5.75 Å². The third-order valence-electron chi connectivity index (χ3n) is 5.24. The minimum atomic E-state index is -0.419. The van der Waals surface area contributed by atoms with Gasteiger partial charge < -0.3 is 5.32 Å². The summed E-state index contributed by atoms with van der Waals surface area (Å²) in [5.41, 5.74) is 0.0729. The van der Waals surface area contributed by atoms with Crippen molar-refractivity contribution in [1.29, 1.82) is 0 Å². The number of non-ortho nitro benzene ring substituents is 1. The predicted molar refractivity (Wildman–Crippen MR) is 90.4 cm³/mol. The first-order valence-corrected chi connectivity index (χ1v) is 9.18. The highest BCUT2D eigenvalue weighted by Gasteiger charge is 2.42. The standard InChI is InChI=1S/C17H22N2O3S/c1-11(16-9-12-2-3-13(16)8-12)18-17(20)10-23-15-6-4-14(5-7-15)19(21)22/h4-7,11-13,16H,2-3,8-10H2,1H3,(H,18,20)/t11-,12+,13+,16-/m1/s1. The molecule has 2 fully saturated rings. The zero-order valence-electron chi connectivity index (χ0n) is 13.2. The molecule has 124 valence electrons. The quantitative estimate of drug-likeness (QED) is 0.490. The molecule has 1 amide bonds. The number of nitro groups is 1. The highest BCUT2D eigenvalue weighted by molar-refractivity contribution is 8.00. The third kappa shape index (κ3) is 3.86. The maximum absolute atomic E-state index is 12.1. The van der Waals surface area contributed by atoms with Gasteiger partial charge in [-0.3, -0.25) is 14.9 Å². The molecule has 2 bridgehead atoms. The molecular formula is C17H22N2O3S. The van der Waals surface area contributed by atoms with Crippen molar-refractivity contribution >= 4 is 23.4 Å². The van der Waals surface area contributed by atoms with E-state index in [1.54, 1.807) is 12.1 Å². The summed E-state index contributed by atoms with van der Waals surface area (Å²) < 4.78 is 0. The molecule has 0 heterocycles. The van der Waals surface area contributed by atoms with Crippen molar-refractivity contribution in [3.63, 3.8) is 0 Å². The van der Waals surface area contributed by atoms with Crippen LogP contribution < -0.4 is 5.32 Å². The number of carbonyl (C=O) groups is 1. The highest BCUT2D eigenvalue weighted by Crippen LogP contribution is 2.49. The van der Waals surface area contributed by atoms with Gasteiger partial charge in [0.05, 0.1) is 10.7 Å². The molecule has 2 saturated carbocycles. The van der Waals surface area contributed by atoms with E-state index in [0.29, 0.717) is 11.7 Å². The molecule has 5 nitrogen and oxygen atoms in total. The van der Waals surface area contributed by atoms with E-state index in [1.165, 1.54) is 49.6 Å².